The Bertz CT molecular complexity index is 472. The van der Waals surface area contributed by atoms with Gasteiger partial charge in [0.1, 0.15) is 0 Å². The minimum absolute atomic E-state index is 0.00644. The number of carbonyl (C=O) groups is 1. The lowest BCUT2D eigenvalue weighted by molar-refractivity contribution is -0.118. The van der Waals surface area contributed by atoms with E-state index in [1.807, 2.05) is 44.2 Å². The van der Waals surface area contributed by atoms with E-state index in [4.69, 9.17) is 5.73 Å². The van der Waals surface area contributed by atoms with Crippen LogP contribution in [0.3, 0.4) is 0 Å². The fourth-order valence-corrected chi connectivity index (χ4v) is 1.25. The Morgan fingerprint density at radius 1 is 1.44 bits per heavy atom. The Morgan fingerprint density at radius 2 is 2.17 bits per heavy atom. The first kappa shape index (κ1) is 14.0. The molecule has 1 aromatic carbocycles. The van der Waals surface area contributed by atoms with Gasteiger partial charge in [-0.1, -0.05) is 26.0 Å². The normalized spacial score (nSPS) is 12.1. The molecule has 0 saturated heterocycles. The molecule has 1 amide bonds. The van der Waals surface area contributed by atoms with Crippen molar-refractivity contribution in [3.63, 3.8) is 0 Å². The van der Waals surface area contributed by atoms with Gasteiger partial charge in [-0.25, -0.2) is 4.99 Å². The van der Waals surface area contributed by atoms with Gasteiger partial charge in [-0.3, -0.25) is 4.79 Å². The molecule has 1 rings (SSSR count). The van der Waals surface area contributed by atoms with Gasteiger partial charge in [-0.2, -0.15) is 0 Å². The minimum Gasteiger partial charge on any atom is -0.387 e. The van der Waals surface area contributed by atoms with Crippen LogP contribution in [0.5, 0.6) is 0 Å². The number of benzene rings is 1. The molecular weight excluding hydrogens is 226 g/mol. The predicted octanol–water partition coefficient (Wildman–Crippen LogP) is 2.63. The van der Waals surface area contributed by atoms with Crippen molar-refractivity contribution in [1.29, 1.82) is 0 Å². The third-order valence-electron chi connectivity index (χ3n) is 2.22. The van der Waals surface area contributed by atoms with Crippen molar-refractivity contribution in [2.24, 2.45) is 16.6 Å². The summed E-state index contributed by atoms with van der Waals surface area (Å²) < 4.78 is 0. The highest BCUT2D eigenvalue weighted by Crippen LogP contribution is 2.13. The molecule has 0 aromatic heterocycles. The van der Waals surface area contributed by atoms with Gasteiger partial charge in [0.05, 0.1) is 5.84 Å². The van der Waals surface area contributed by atoms with E-state index >= 15 is 0 Å². The molecule has 0 atom stereocenters. The van der Waals surface area contributed by atoms with Gasteiger partial charge in [0.25, 0.3) is 0 Å². The number of hydrogen-bond acceptors (Lipinski definition) is 2. The van der Waals surface area contributed by atoms with Crippen molar-refractivity contribution < 1.29 is 4.79 Å². The second kappa shape index (κ2) is 6.59. The number of anilines is 1. The summed E-state index contributed by atoms with van der Waals surface area (Å²) in [7, 11) is 0. The van der Waals surface area contributed by atoms with Crippen LogP contribution in [-0.2, 0) is 4.79 Å². The van der Waals surface area contributed by atoms with Crippen molar-refractivity contribution in [2.45, 2.75) is 20.8 Å². The van der Waals surface area contributed by atoms with Crippen molar-refractivity contribution in [3.8, 4) is 0 Å². The largest absolute Gasteiger partial charge is 0.387 e. The molecule has 0 aliphatic carbocycles. The zero-order chi connectivity index (χ0) is 13.5. The lowest BCUT2D eigenvalue weighted by atomic mass is 10.1. The second-order valence-corrected chi connectivity index (χ2v) is 4.36. The van der Waals surface area contributed by atoms with Crippen LogP contribution < -0.4 is 11.1 Å². The topological polar surface area (TPSA) is 67.5 Å². The number of amidine groups is 1. The molecular formula is C14H19N3O. The van der Waals surface area contributed by atoms with E-state index in [-0.39, 0.29) is 11.8 Å². The monoisotopic (exact) mass is 245 g/mol. The third-order valence-corrected chi connectivity index (χ3v) is 2.22. The summed E-state index contributed by atoms with van der Waals surface area (Å²) in [5.41, 5.74) is 7.17. The molecule has 0 aliphatic rings. The van der Waals surface area contributed by atoms with E-state index in [0.29, 0.717) is 5.84 Å². The number of hydrogen-bond donors (Lipinski definition) is 2. The molecule has 0 aliphatic heterocycles. The first-order valence-corrected chi connectivity index (χ1v) is 5.86. The molecule has 0 spiro atoms. The molecule has 18 heavy (non-hydrogen) atoms. The Morgan fingerprint density at radius 3 is 2.78 bits per heavy atom. The van der Waals surface area contributed by atoms with Crippen molar-refractivity contribution >= 4 is 23.5 Å². The number of aliphatic imine (C=N–C) groups is 1. The zero-order valence-electron chi connectivity index (χ0n) is 11.0. The van der Waals surface area contributed by atoms with Crippen LogP contribution in [0.2, 0.25) is 0 Å². The van der Waals surface area contributed by atoms with Crippen molar-refractivity contribution in [2.75, 3.05) is 5.32 Å². The average Bonchev–Trinajstić information content (AvgIpc) is 2.28. The fourth-order valence-electron chi connectivity index (χ4n) is 1.25. The predicted molar refractivity (Wildman–Crippen MR) is 76.2 cm³/mol. The molecule has 0 heterocycles. The Labute approximate surface area is 108 Å². The summed E-state index contributed by atoms with van der Waals surface area (Å²) in [6, 6.07) is 7.56. The van der Waals surface area contributed by atoms with E-state index in [9.17, 15) is 4.79 Å². The first-order chi connectivity index (χ1) is 8.49. The lowest BCUT2D eigenvalue weighted by Gasteiger charge is -2.07. The summed E-state index contributed by atoms with van der Waals surface area (Å²) in [5.74, 6) is 0.483. The summed E-state index contributed by atoms with van der Waals surface area (Å²) in [5, 5.41) is 2.85. The van der Waals surface area contributed by atoms with Gasteiger partial charge in [0, 0.05) is 17.8 Å². The van der Waals surface area contributed by atoms with Crippen LogP contribution in [-0.4, -0.2) is 11.7 Å². The van der Waals surface area contributed by atoms with Gasteiger partial charge in [0.2, 0.25) is 5.91 Å². The van der Waals surface area contributed by atoms with E-state index in [2.05, 4.69) is 10.3 Å². The van der Waals surface area contributed by atoms with Gasteiger partial charge in [0.15, 0.2) is 0 Å². The van der Waals surface area contributed by atoms with E-state index < -0.39 is 0 Å². The lowest BCUT2D eigenvalue weighted by Crippen LogP contribution is -2.17. The molecule has 0 fully saturated rings. The molecule has 4 heteroatoms. The first-order valence-electron chi connectivity index (χ1n) is 5.86. The molecule has 96 valence electrons. The summed E-state index contributed by atoms with van der Waals surface area (Å²) in [6.07, 6.45) is 3.47. The summed E-state index contributed by atoms with van der Waals surface area (Å²) in [4.78, 5) is 15.5. The summed E-state index contributed by atoms with van der Waals surface area (Å²) >= 11 is 0. The molecule has 4 nitrogen and oxygen atoms in total. The van der Waals surface area contributed by atoms with Crippen LogP contribution >= 0.6 is 0 Å². The molecule has 1 aromatic rings. The van der Waals surface area contributed by atoms with Gasteiger partial charge < -0.3 is 11.1 Å². The third kappa shape index (κ3) is 4.82. The Kier molecular flexibility index (Phi) is 5.11. The van der Waals surface area contributed by atoms with Gasteiger partial charge >= 0.3 is 0 Å². The number of nitrogens with zero attached hydrogens (tertiary/aromatic N) is 1. The van der Waals surface area contributed by atoms with Crippen LogP contribution in [0.25, 0.3) is 6.08 Å². The number of carbonyl (C=O) groups excluding carboxylic acids is 1. The summed E-state index contributed by atoms with van der Waals surface area (Å²) in [6.45, 7) is 5.44. The van der Waals surface area contributed by atoms with E-state index in [0.717, 1.165) is 11.3 Å². The maximum absolute atomic E-state index is 11.6. The minimum atomic E-state index is -0.0336. The standard InChI is InChI=1S/C14H19N3O/c1-10(2)14(18)17-13-6-4-5-12(9-13)7-8-16-11(3)15/h4-10H,1-3H3,(H2,15,16)(H,17,18). The van der Waals surface area contributed by atoms with Crippen LogP contribution in [0, 0.1) is 5.92 Å². The molecule has 0 radical (unpaired) electrons. The molecule has 0 saturated carbocycles. The maximum Gasteiger partial charge on any atom is 0.226 e. The van der Waals surface area contributed by atoms with Gasteiger partial charge in [-0.05, 0) is 30.7 Å². The zero-order valence-corrected chi connectivity index (χ0v) is 11.0. The van der Waals surface area contributed by atoms with Crippen LogP contribution in [0.15, 0.2) is 35.5 Å². The highest BCUT2D eigenvalue weighted by atomic mass is 16.1. The SMILES string of the molecule is CC(N)=NC=Cc1cccc(NC(=O)C(C)C)c1. The number of nitrogens with two attached hydrogens (primary N) is 1. The molecule has 0 bridgehead atoms. The maximum atomic E-state index is 11.6. The van der Waals surface area contributed by atoms with E-state index in [1.165, 1.54) is 0 Å². The highest BCUT2D eigenvalue weighted by Gasteiger charge is 2.06. The second-order valence-electron chi connectivity index (χ2n) is 4.36. The quantitative estimate of drug-likeness (QED) is 0.632. The molecule has 3 N–H and O–H groups in total. The Hall–Kier alpha value is -2.10. The van der Waals surface area contributed by atoms with Crippen molar-refractivity contribution in [1.82, 2.24) is 0 Å². The highest BCUT2D eigenvalue weighted by molar-refractivity contribution is 5.92. The molecule has 0 unspecified atom stereocenters. The number of rotatable bonds is 4. The van der Waals surface area contributed by atoms with Crippen LogP contribution in [0.4, 0.5) is 5.69 Å². The smallest absolute Gasteiger partial charge is 0.226 e. The number of nitrogens with one attached hydrogen (secondary N) is 1. The fraction of sp³-hybridized carbons (Fsp3) is 0.286. The van der Waals surface area contributed by atoms with Crippen molar-refractivity contribution in [3.05, 3.63) is 36.0 Å². The average molecular weight is 245 g/mol. The van der Waals surface area contributed by atoms with Crippen LogP contribution in [0.1, 0.15) is 26.3 Å². The Balaban J connectivity index is 2.77. The number of amides is 1. The van der Waals surface area contributed by atoms with E-state index in [1.54, 1.807) is 13.1 Å². The van der Waals surface area contributed by atoms with Gasteiger partial charge in [-0.15, -0.1) is 0 Å².